The average Bonchev–Trinajstić information content (AvgIpc) is 2.08. The number of hydrogen-bond donors (Lipinski definition) is 0. The lowest BCUT2D eigenvalue weighted by molar-refractivity contribution is 0.123. The summed E-state index contributed by atoms with van der Waals surface area (Å²) in [6.45, 7) is 0.144. The smallest absolute Gasteiger partial charge is 0.377 e. The van der Waals surface area contributed by atoms with Crippen LogP contribution in [-0.2, 0) is 13.3 Å². The van der Waals surface area contributed by atoms with Crippen molar-refractivity contribution in [2.45, 2.75) is 12.5 Å². The number of nitrogens with zero attached hydrogens (tertiary/aromatic N) is 1. The van der Waals surface area contributed by atoms with Crippen molar-refractivity contribution < 1.29 is 13.3 Å². The highest BCUT2D eigenvalue weighted by Crippen LogP contribution is 2.13. The average molecular weight is 177 g/mol. The molecule has 0 saturated heterocycles. The fourth-order valence-electron chi connectivity index (χ4n) is 0.852. The van der Waals surface area contributed by atoms with E-state index in [0.29, 0.717) is 12.5 Å². The van der Waals surface area contributed by atoms with Gasteiger partial charge in [0.25, 0.3) is 0 Å². The first kappa shape index (κ1) is 11.1. The van der Waals surface area contributed by atoms with Crippen LogP contribution in [0.4, 0.5) is 0 Å². The first-order valence-electron chi connectivity index (χ1n) is 3.51. The van der Waals surface area contributed by atoms with Crippen molar-refractivity contribution in [1.29, 1.82) is 0 Å². The molecule has 0 N–H and O–H groups in total. The van der Waals surface area contributed by atoms with Gasteiger partial charge in [-0.05, 0) is 6.42 Å². The summed E-state index contributed by atoms with van der Waals surface area (Å²) in [6.07, 6.45) is 0.655. The SMILES string of the molecule is CO[Si](CCC[N])(OC)OC. The van der Waals surface area contributed by atoms with Gasteiger partial charge in [0.05, 0.1) is 0 Å². The molecule has 0 unspecified atom stereocenters. The van der Waals surface area contributed by atoms with E-state index in [9.17, 15) is 0 Å². The fourth-order valence-corrected chi connectivity index (χ4v) is 2.56. The van der Waals surface area contributed by atoms with Crippen LogP contribution < -0.4 is 5.73 Å². The van der Waals surface area contributed by atoms with Crippen molar-refractivity contribution in [3.63, 3.8) is 0 Å². The maximum atomic E-state index is 8.57. The van der Waals surface area contributed by atoms with Crippen LogP contribution in [0.2, 0.25) is 6.04 Å². The topological polar surface area (TPSA) is 50.0 Å². The molecule has 0 spiro atoms. The van der Waals surface area contributed by atoms with Gasteiger partial charge in [-0.2, -0.15) is 0 Å². The van der Waals surface area contributed by atoms with E-state index in [2.05, 4.69) is 0 Å². The summed E-state index contributed by atoms with van der Waals surface area (Å²) in [6, 6.07) is 0.660. The second-order valence-corrected chi connectivity index (χ2v) is 5.21. The van der Waals surface area contributed by atoms with Gasteiger partial charge in [0, 0.05) is 33.9 Å². The van der Waals surface area contributed by atoms with E-state index in [0.717, 1.165) is 0 Å². The van der Waals surface area contributed by atoms with Gasteiger partial charge in [0.1, 0.15) is 0 Å². The van der Waals surface area contributed by atoms with E-state index < -0.39 is 8.80 Å². The summed E-state index contributed by atoms with van der Waals surface area (Å²) < 4.78 is 15.4. The third-order valence-corrected chi connectivity index (χ3v) is 4.41. The van der Waals surface area contributed by atoms with Gasteiger partial charge in [0.15, 0.2) is 0 Å². The van der Waals surface area contributed by atoms with Crippen LogP contribution in [0, 0.1) is 0 Å². The van der Waals surface area contributed by atoms with Crippen molar-refractivity contribution in [1.82, 2.24) is 5.73 Å². The zero-order valence-corrected chi connectivity index (χ0v) is 8.29. The molecule has 4 nitrogen and oxygen atoms in total. The molecule has 0 aromatic carbocycles. The number of hydrogen-bond acceptors (Lipinski definition) is 3. The van der Waals surface area contributed by atoms with Crippen LogP contribution >= 0.6 is 0 Å². The molecule has 0 aliphatic carbocycles. The predicted molar refractivity (Wildman–Crippen MR) is 43.2 cm³/mol. The highest BCUT2D eigenvalue weighted by atomic mass is 28.4. The molecular formula is C6H15NO3Si. The van der Waals surface area contributed by atoms with Gasteiger partial charge in [-0.3, -0.25) is 0 Å². The Morgan fingerprint density at radius 3 is 1.82 bits per heavy atom. The molecule has 0 aliphatic rings. The van der Waals surface area contributed by atoms with Crippen molar-refractivity contribution in [3.8, 4) is 0 Å². The minimum absolute atomic E-state index is 0.144. The summed E-state index contributed by atoms with van der Waals surface area (Å²) in [5.41, 5.74) is 8.57. The summed E-state index contributed by atoms with van der Waals surface area (Å²) in [5, 5.41) is 0. The van der Waals surface area contributed by atoms with Crippen LogP contribution in [0.5, 0.6) is 0 Å². The Balaban J connectivity index is 3.84. The van der Waals surface area contributed by atoms with Gasteiger partial charge in [0.2, 0.25) is 0 Å². The molecular weight excluding hydrogens is 162 g/mol. The van der Waals surface area contributed by atoms with Crippen molar-refractivity contribution >= 4 is 8.80 Å². The molecule has 0 aromatic heterocycles. The third kappa shape index (κ3) is 3.30. The van der Waals surface area contributed by atoms with Crippen molar-refractivity contribution in [2.75, 3.05) is 27.9 Å². The lowest BCUT2D eigenvalue weighted by Gasteiger charge is -2.23. The Kier molecular flexibility index (Phi) is 5.70. The highest BCUT2D eigenvalue weighted by Gasteiger charge is 2.36. The fraction of sp³-hybridized carbons (Fsp3) is 1.00. The second kappa shape index (κ2) is 5.67. The van der Waals surface area contributed by atoms with E-state index in [4.69, 9.17) is 19.0 Å². The molecule has 2 radical (unpaired) electrons. The molecule has 0 aliphatic heterocycles. The monoisotopic (exact) mass is 177 g/mol. The Bertz CT molecular complexity index is 89.6. The van der Waals surface area contributed by atoms with E-state index in [1.807, 2.05) is 0 Å². The Morgan fingerprint density at radius 1 is 1.09 bits per heavy atom. The zero-order valence-electron chi connectivity index (χ0n) is 7.29. The van der Waals surface area contributed by atoms with Crippen molar-refractivity contribution in [2.24, 2.45) is 0 Å². The molecule has 0 rings (SSSR count). The van der Waals surface area contributed by atoms with E-state index >= 15 is 0 Å². The van der Waals surface area contributed by atoms with E-state index in [-0.39, 0.29) is 6.54 Å². The van der Waals surface area contributed by atoms with Gasteiger partial charge in [-0.15, -0.1) is 5.73 Å². The van der Waals surface area contributed by atoms with Crippen LogP contribution in [0.15, 0.2) is 0 Å². The molecule has 0 aromatic rings. The lowest BCUT2D eigenvalue weighted by Crippen LogP contribution is -2.42. The molecule has 0 atom stereocenters. The van der Waals surface area contributed by atoms with Crippen LogP contribution in [0.25, 0.3) is 0 Å². The van der Waals surface area contributed by atoms with Gasteiger partial charge < -0.3 is 13.3 Å². The molecule has 0 amide bonds. The van der Waals surface area contributed by atoms with Gasteiger partial charge >= 0.3 is 8.80 Å². The Labute approximate surface area is 69.0 Å². The van der Waals surface area contributed by atoms with Gasteiger partial charge in [-0.1, -0.05) is 0 Å². The maximum absolute atomic E-state index is 8.57. The molecule has 0 saturated carbocycles. The molecule has 0 heterocycles. The van der Waals surface area contributed by atoms with E-state index in [1.165, 1.54) is 0 Å². The molecule has 66 valence electrons. The minimum atomic E-state index is -2.40. The maximum Gasteiger partial charge on any atom is 0.500 e. The number of rotatable bonds is 6. The Hall–Kier alpha value is 0.0569. The molecule has 11 heavy (non-hydrogen) atoms. The molecule has 0 bridgehead atoms. The first-order chi connectivity index (χ1) is 5.24. The zero-order chi connectivity index (χ0) is 8.74. The molecule has 0 fully saturated rings. The van der Waals surface area contributed by atoms with Crippen LogP contribution in [-0.4, -0.2) is 36.7 Å². The highest BCUT2D eigenvalue weighted by molar-refractivity contribution is 6.60. The summed E-state index contributed by atoms with van der Waals surface area (Å²) in [4.78, 5) is 0. The third-order valence-electron chi connectivity index (χ3n) is 1.57. The van der Waals surface area contributed by atoms with Crippen LogP contribution in [0.3, 0.4) is 0 Å². The van der Waals surface area contributed by atoms with Gasteiger partial charge in [-0.25, -0.2) is 0 Å². The standard InChI is InChI=1S/C6H15NO3Si/c1-8-11(9-2,10-3)6-4-5-7/h4-6H2,1-3H3. The van der Waals surface area contributed by atoms with Crippen LogP contribution in [0.1, 0.15) is 6.42 Å². The quantitative estimate of drug-likeness (QED) is 0.549. The first-order valence-corrected chi connectivity index (χ1v) is 5.44. The van der Waals surface area contributed by atoms with E-state index in [1.54, 1.807) is 21.3 Å². The summed E-state index contributed by atoms with van der Waals surface area (Å²) in [7, 11) is 2.30. The molecule has 5 heteroatoms. The largest absolute Gasteiger partial charge is 0.500 e. The Morgan fingerprint density at radius 2 is 1.55 bits per heavy atom. The lowest BCUT2D eigenvalue weighted by atomic mass is 10.5. The van der Waals surface area contributed by atoms with Crippen molar-refractivity contribution in [3.05, 3.63) is 0 Å². The minimum Gasteiger partial charge on any atom is -0.377 e. The summed E-state index contributed by atoms with van der Waals surface area (Å²) >= 11 is 0. The second-order valence-electron chi connectivity index (χ2n) is 2.12. The predicted octanol–water partition coefficient (Wildman–Crippen LogP) is 0.323. The normalized spacial score (nSPS) is 12.0. The summed E-state index contributed by atoms with van der Waals surface area (Å²) in [5.74, 6) is 0.